The average Bonchev–Trinajstić information content (AvgIpc) is 2.36. The van der Waals surface area contributed by atoms with E-state index in [1.54, 1.807) is 13.2 Å². The largest absolute Gasteiger partial charge is 0.383 e. The third-order valence-corrected chi connectivity index (χ3v) is 3.19. The van der Waals surface area contributed by atoms with Crippen LogP contribution in [0.2, 0.25) is 5.02 Å². The Kier molecular flexibility index (Phi) is 7.25. The highest BCUT2D eigenvalue weighted by Crippen LogP contribution is 2.17. The molecule has 0 spiro atoms. The number of rotatable bonds is 8. The van der Waals surface area contributed by atoms with E-state index in [0.29, 0.717) is 5.92 Å². The van der Waals surface area contributed by atoms with Gasteiger partial charge < -0.3 is 10.1 Å². The maximum atomic E-state index is 13.2. The molecule has 1 rings (SSSR count). The normalized spacial score (nSPS) is 12.7. The van der Waals surface area contributed by atoms with Crippen molar-refractivity contribution in [2.24, 2.45) is 5.92 Å². The first-order valence-electron chi connectivity index (χ1n) is 6.27. The van der Waals surface area contributed by atoms with Gasteiger partial charge in [-0.25, -0.2) is 4.39 Å². The molecule has 0 aromatic heterocycles. The summed E-state index contributed by atoms with van der Waals surface area (Å²) in [6, 6.07) is 5.03. The van der Waals surface area contributed by atoms with Crippen molar-refractivity contribution < 1.29 is 9.13 Å². The number of halogens is 2. The highest BCUT2D eigenvalue weighted by atomic mass is 35.5. The van der Waals surface area contributed by atoms with Crippen LogP contribution in [0.5, 0.6) is 0 Å². The monoisotopic (exact) mass is 273 g/mol. The molecule has 0 saturated heterocycles. The third-order valence-electron chi connectivity index (χ3n) is 2.89. The van der Waals surface area contributed by atoms with E-state index in [-0.39, 0.29) is 10.8 Å². The minimum Gasteiger partial charge on any atom is -0.383 e. The summed E-state index contributed by atoms with van der Waals surface area (Å²) in [5.41, 5.74) is 1.00. The molecular weight excluding hydrogens is 253 g/mol. The van der Waals surface area contributed by atoms with Crippen LogP contribution in [-0.4, -0.2) is 26.8 Å². The van der Waals surface area contributed by atoms with E-state index in [9.17, 15) is 4.39 Å². The van der Waals surface area contributed by atoms with Crippen molar-refractivity contribution in [3.05, 3.63) is 34.6 Å². The lowest BCUT2D eigenvalue weighted by molar-refractivity contribution is 0.198. The van der Waals surface area contributed by atoms with Crippen LogP contribution in [0.3, 0.4) is 0 Å². The van der Waals surface area contributed by atoms with Gasteiger partial charge >= 0.3 is 0 Å². The lowest BCUT2D eigenvalue weighted by Crippen LogP contribution is -2.25. The summed E-state index contributed by atoms with van der Waals surface area (Å²) in [5.74, 6) is 0.223. The van der Waals surface area contributed by atoms with Gasteiger partial charge in [-0.05, 0) is 43.0 Å². The van der Waals surface area contributed by atoms with Crippen LogP contribution < -0.4 is 5.32 Å². The van der Waals surface area contributed by atoms with Crippen LogP contribution in [0, 0.1) is 11.7 Å². The molecule has 2 nitrogen and oxygen atoms in total. The molecule has 0 radical (unpaired) electrons. The summed E-state index contributed by atoms with van der Waals surface area (Å²) < 4.78 is 18.2. The van der Waals surface area contributed by atoms with E-state index in [4.69, 9.17) is 16.3 Å². The molecule has 0 fully saturated rings. The van der Waals surface area contributed by atoms with Crippen molar-refractivity contribution in [2.75, 3.05) is 26.8 Å². The number of methoxy groups -OCH3 is 1. The van der Waals surface area contributed by atoms with Gasteiger partial charge in [-0.15, -0.1) is 0 Å². The second kappa shape index (κ2) is 8.46. The second-order valence-electron chi connectivity index (χ2n) is 4.59. The fraction of sp³-hybridized carbons (Fsp3) is 0.571. The van der Waals surface area contributed by atoms with Crippen molar-refractivity contribution in [3.8, 4) is 0 Å². The zero-order chi connectivity index (χ0) is 13.4. The minimum absolute atomic E-state index is 0.188. The van der Waals surface area contributed by atoms with Crippen LogP contribution in [0.15, 0.2) is 18.2 Å². The molecule has 0 aliphatic carbocycles. The summed E-state index contributed by atoms with van der Waals surface area (Å²) in [7, 11) is 1.69. The topological polar surface area (TPSA) is 21.3 Å². The van der Waals surface area contributed by atoms with E-state index in [1.807, 2.05) is 6.07 Å². The Morgan fingerprint density at radius 2 is 2.22 bits per heavy atom. The SMILES string of the molecule is COCCNCC(C)CCc1ccc(Cl)c(F)c1. The van der Waals surface area contributed by atoms with Gasteiger partial charge in [-0.3, -0.25) is 0 Å². The highest BCUT2D eigenvalue weighted by Gasteiger charge is 2.05. The first-order chi connectivity index (χ1) is 8.63. The van der Waals surface area contributed by atoms with Gasteiger partial charge in [0.25, 0.3) is 0 Å². The lowest BCUT2D eigenvalue weighted by atomic mass is 10.0. The molecule has 4 heteroatoms. The van der Waals surface area contributed by atoms with E-state index >= 15 is 0 Å². The molecule has 1 unspecified atom stereocenters. The van der Waals surface area contributed by atoms with E-state index in [2.05, 4.69) is 12.2 Å². The number of hydrogen-bond acceptors (Lipinski definition) is 2. The summed E-state index contributed by atoms with van der Waals surface area (Å²) in [6.45, 7) is 4.75. The molecule has 0 bridgehead atoms. The standard InChI is InChI=1S/C14H21ClFNO/c1-11(10-17-7-8-18-2)3-4-12-5-6-13(15)14(16)9-12/h5-6,9,11,17H,3-4,7-8,10H2,1-2H3. The zero-order valence-electron chi connectivity index (χ0n) is 11.0. The number of hydrogen-bond donors (Lipinski definition) is 1. The Labute approximate surface area is 113 Å². The van der Waals surface area contributed by atoms with Crippen LogP contribution in [0.25, 0.3) is 0 Å². The Balaban J connectivity index is 2.24. The van der Waals surface area contributed by atoms with Crippen LogP contribution in [0.1, 0.15) is 18.9 Å². The molecule has 1 N–H and O–H groups in total. The van der Waals surface area contributed by atoms with Gasteiger partial charge in [0.05, 0.1) is 11.6 Å². The van der Waals surface area contributed by atoms with Crippen LogP contribution in [0.4, 0.5) is 4.39 Å². The maximum absolute atomic E-state index is 13.2. The number of nitrogens with one attached hydrogen (secondary N) is 1. The molecule has 0 amide bonds. The predicted octanol–water partition coefficient (Wildman–Crippen LogP) is 3.28. The first kappa shape index (κ1) is 15.4. The van der Waals surface area contributed by atoms with E-state index in [0.717, 1.165) is 38.1 Å². The maximum Gasteiger partial charge on any atom is 0.142 e. The van der Waals surface area contributed by atoms with Crippen molar-refractivity contribution in [2.45, 2.75) is 19.8 Å². The molecule has 102 valence electrons. The van der Waals surface area contributed by atoms with E-state index < -0.39 is 0 Å². The van der Waals surface area contributed by atoms with E-state index in [1.165, 1.54) is 6.07 Å². The number of benzene rings is 1. The fourth-order valence-electron chi connectivity index (χ4n) is 1.73. The molecule has 1 aromatic carbocycles. The quantitative estimate of drug-likeness (QED) is 0.734. The molecule has 0 aliphatic rings. The Hall–Kier alpha value is -0.640. The van der Waals surface area contributed by atoms with Gasteiger partial charge in [0.2, 0.25) is 0 Å². The van der Waals surface area contributed by atoms with Gasteiger partial charge in [-0.1, -0.05) is 24.6 Å². The Morgan fingerprint density at radius 1 is 1.44 bits per heavy atom. The molecule has 1 aromatic rings. The van der Waals surface area contributed by atoms with Gasteiger partial charge in [-0.2, -0.15) is 0 Å². The molecular formula is C14H21ClFNO. The summed E-state index contributed by atoms with van der Waals surface area (Å²) >= 11 is 5.64. The molecule has 0 heterocycles. The van der Waals surface area contributed by atoms with Crippen molar-refractivity contribution in [1.82, 2.24) is 5.32 Å². The van der Waals surface area contributed by atoms with Crippen LogP contribution in [-0.2, 0) is 11.2 Å². The molecule has 0 aliphatic heterocycles. The van der Waals surface area contributed by atoms with Crippen molar-refractivity contribution in [3.63, 3.8) is 0 Å². The summed E-state index contributed by atoms with van der Waals surface area (Å²) in [6.07, 6.45) is 1.91. The van der Waals surface area contributed by atoms with Crippen molar-refractivity contribution >= 4 is 11.6 Å². The Morgan fingerprint density at radius 3 is 2.89 bits per heavy atom. The molecule has 0 saturated carbocycles. The first-order valence-corrected chi connectivity index (χ1v) is 6.65. The van der Waals surface area contributed by atoms with Gasteiger partial charge in [0.15, 0.2) is 0 Å². The summed E-state index contributed by atoms with van der Waals surface area (Å²) in [4.78, 5) is 0. The second-order valence-corrected chi connectivity index (χ2v) is 5.00. The molecule has 1 atom stereocenters. The highest BCUT2D eigenvalue weighted by molar-refractivity contribution is 6.30. The fourth-order valence-corrected chi connectivity index (χ4v) is 1.85. The smallest absolute Gasteiger partial charge is 0.142 e. The van der Waals surface area contributed by atoms with Crippen LogP contribution >= 0.6 is 11.6 Å². The molecule has 18 heavy (non-hydrogen) atoms. The lowest BCUT2D eigenvalue weighted by Gasteiger charge is -2.12. The number of aryl methyl sites for hydroxylation is 1. The predicted molar refractivity (Wildman–Crippen MR) is 73.6 cm³/mol. The van der Waals surface area contributed by atoms with Crippen molar-refractivity contribution in [1.29, 1.82) is 0 Å². The summed E-state index contributed by atoms with van der Waals surface area (Å²) in [5, 5.41) is 3.51. The van der Waals surface area contributed by atoms with Gasteiger partial charge in [0, 0.05) is 13.7 Å². The number of ether oxygens (including phenoxy) is 1. The Bertz CT molecular complexity index is 360. The van der Waals surface area contributed by atoms with Gasteiger partial charge in [0.1, 0.15) is 5.82 Å². The third kappa shape index (κ3) is 5.80. The minimum atomic E-state index is -0.333. The zero-order valence-corrected chi connectivity index (χ0v) is 11.8. The average molecular weight is 274 g/mol.